The molecule has 2 nitrogen and oxygen atoms in total. The maximum Gasteiger partial charge on any atom is 0.101 e. The minimum Gasteiger partial charge on any atom is -0.254 e. The van der Waals surface area contributed by atoms with E-state index < -0.39 is 0 Å². The van der Waals surface area contributed by atoms with Crippen molar-refractivity contribution in [3.63, 3.8) is 0 Å². The van der Waals surface area contributed by atoms with Crippen LogP contribution in [0.15, 0.2) is 54.7 Å². The first-order chi connectivity index (χ1) is 9.29. The van der Waals surface area contributed by atoms with Crippen molar-refractivity contribution >= 4 is 10.8 Å². The fourth-order valence-corrected chi connectivity index (χ4v) is 2.22. The van der Waals surface area contributed by atoms with Gasteiger partial charge in [-0.2, -0.15) is 5.26 Å². The maximum absolute atomic E-state index is 9.14. The molecule has 0 spiro atoms. The van der Waals surface area contributed by atoms with Gasteiger partial charge in [-0.3, -0.25) is 4.98 Å². The first-order valence-electron chi connectivity index (χ1n) is 6.14. The lowest BCUT2D eigenvalue weighted by molar-refractivity contribution is 1.33. The molecule has 0 aliphatic heterocycles. The molecule has 0 radical (unpaired) electrons. The number of hydrogen-bond donors (Lipinski definition) is 0. The van der Waals surface area contributed by atoms with E-state index in [1.165, 1.54) is 5.56 Å². The van der Waals surface area contributed by atoms with E-state index in [0.29, 0.717) is 5.56 Å². The summed E-state index contributed by atoms with van der Waals surface area (Å²) in [5.74, 6) is 0. The van der Waals surface area contributed by atoms with Crippen molar-refractivity contribution < 1.29 is 0 Å². The number of pyridine rings is 1. The number of fused-ring (bicyclic) bond motifs is 1. The van der Waals surface area contributed by atoms with Crippen LogP contribution >= 0.6 is 0 Å². The molecule has 90 valence electrons. The van der Waals surface area contributed by atoms with Gasteiger partial charge in [0.2, 0.25) is 0 Å². The van der Waals surface area contributed by atoms with Crippen molar-refractivity contribution in [2.45, 2.75) is 6.92 Å². The molecule has 3 rings (SSSR count). The molecule has 3 aromatic rings. The topological polar surface area (TPSA) is 36.7 Å². The highest BCUT2D eigenvalue weighted by Crippen LogP contribution is 2.28. The van der Waals surface area contributed by atoms with Gasteiger partial charge in [-0.25, -0.2) is 0 Å². The van der Waals surface area contributed by atoms with E-state index in [1.54, 1.807) is 6.20 Å². The molecular weight excluding hydrogens is 232 g/mol. The van der Waals surface area contributed by atoms with Crippen LogP contribution in [0.2, 0.25) is 0 Å². The van der Waals surface area contributed by atoms with Gasteiger partial charge in [-0.05, 0) is 6.92 Å². The lowest BCUT2D eigenvalue weighted by atomic mass is 10.0. The summed E-state index contributed by atoms with van der Waals surface area (Å²) in [6.07, 6.45) is 1.65. The molecule has 0 N–H and O–H groups in total. The van der Waals surface area contributed by atoms with Crippen LogP contribution < -0.4 is 0 Å². The van der Waals surface area contributed by atoms with E-state index >= 15 is 0 Å². The first kappa shape index (κ1) is 11.4. The molecule has 1 aromatic heterocycles. The molecule has 0 aliphatic rings. The summed E-state index contributed by atoms with van der Waals surface area (Å²) in [7, 11) is 0. The number of aryl methyl sites for hydroxylation is 1. The predicted octanol–water partition coefficient (Wildman–Crippen LogP) is 4.08. The van der Waals surface area contributed by atoms with Gasteiger partial charge in [0.15, 0.2) is 0 Å². The number of rotatable bonds is 1. The highest BCUT2D eigenvalue weighted by Gasteiger charge is 2.08. The second-order valence-electron chi connectivity index (χ2n) is 4.54. The van der Waals surface area contributed by atoms with Crippen molar-refractivity contribution in [3.8, 4) is 17.3 Å². The lowest BCUT2D eigenvalue weighted by Crippen LogP contribution is -1.89. The van der Waals surface area contributed by atoms with Gasteiger partial charge in [0.25, 0.3) is 0 Å². The Morgan fingerprint density at radius 1 is 0.947 bits per heavy atom. The summed E-state index contributed by atoms with van der Waals surface area (Å²) in [6, 6.07) is 18.4. The van der Waals surface area contributed by atoms with Crippen LogP contribution in [0.5, 0.6) is 0 Å². The van der Waals surface area contributed by atoms with Gasteiger partial charge < -0.3 is 0 Å². The molecule has 0 saturated carbocycles. The minimum atomic E-state index is 0.617. The maximum atomic E-state index is 9.14. The molecule has 2 aromatic carbocycles. The van der Waals surface area contributed by atoms with Gasteiger partial charge in [0.1, 0.15) is 6.07 Å². The quantitative estimate of drug-likeness (QED) is 0.646. The third-order valence-corrected chi connectivity index (χ3v) is 3.24. The van der Waals surface area contributed by atoms with Crippen LogP contribution in [0.25, 0.3) is 22.0 Å². The van der Waals surface area contributed by atoms with Crippen molar-refractivity contribution in [1.29, 1.82) is 5.26 Å². The Labute approximate surface area is 112 Å². The number of hydrogen-bond acceptors (Lipinski definition) is 2. The fraction of sp³-hybridized carbons (Fsp3) is 0.0588. The average molecular weight is 244 g/mol. The van der Waals surface area contributed by atoms with Gasteiger partial charge in [0, 0.05) is 22.5 Å². The third-order valence-electron chi connectivity index (χ3n) is 3.24. The van der Waals surface area contributed by atoms with E-state index in [2.05, 4.69) is 42.2 Å². The highest BCUT2D eigenvalue weighted by atomic mass is 14.7. The zero-order valence-electron chi connectivity index (χ0n) is 10.6. The molecule has 1 heterocycles. The molecule has 0 atom stereocenters. The second-order valence-corrected chi connectivity index (χ2v) is 4.54. The van der Waals surface area contributed by atoms with Gasteiger partial charge in [0.05, 0.1) is 11.3 Å². The normalized spacial score (nSPS) is 10.3. The highest BCUT2D eigenvalue weighted by molar-refractivity contribution is 5.97. The monoisotopic (exact) mass is 244 g/mol. The number of nitriles is 1. The fourth-order valence-electron chi connectivity index (χ4n) is 2.22. The number of benzene rings is 2. The van der Waals surface area contributed by atoms with Gasteiger partial charge in [-0.15, -0.1) is 0 Å². The smallest absolute Gasteiger partial charge is 0.101 e. The summed E-state index contributed by atoms with van der Waals surface area (Å²) >= 11 is 0. The van der Waals surface area contributed by atoms with Crippen LogP contribution in [0.4, 0.5) is 0 Å². The molecule has 0 bridgehead atoms. The van der Waals surface area contributed by atoms with Crippen molar-refractivity contribution in [3.05, 3.63) is 65.9 Å². The summed E-state index contributed by atoms with van der Waals surface area (Å²) in [5, 5.41) is 11.1. The van der Waals surface area contributed by atoms with E-state index in [9.17, 15) is 0 Å². The summed E-state index contributed by atoms with van der Waals surface area (Å²) in [5.41, 5.74) is 3.84. The SMILES string of the molecule is Cc1ccc(-c2ncc(C#N)c3ccccc23)cc1. The second kappa shape index (κ2) is 4.55. The lowest BCUT2D eigenvalue weighted by Gasteiger charge is -2.07. The molecule has 19 heavy (non-hydrogen) atoms. The number of aromatic nitrogens is 1. The molecule has 0 amide bonds. The van der Waals surface area contributed by atoms with E-state index in [0.717, 1.165) is 22.0 Å². The zero-order valence-corrected chi connectivity index (χ0v) is 10.6. The van der Waals surface area contributed by atoms with Crippen LogP contribution in [0, 0.1) is 18.3 Å². The Morgan fingerprint density at radius 2 is 1.63 bits per heavy atom. The molecule has 0 saturated heterocycles. The Morgan fingerprint density at radius 3 is 2.32 bits per heavy atom. The summed E-state index contributed by atoms with van der Waals surface area (Å²) < 4.78 is 0. The van der Waals surface area contributed by atoms with Crippen LogP contribution in [0.1, 0.15) is 11.1 Å². The molecule has 0 fully saturated rings. The van der Waals surface area contributed by atoms with Crippen LogP contribution in [-0.4, -0.2) is 4.98 Å². The van der Waals surface area contributed by atoms with Crippen molar-refractivity contribution in [2.24, 2.45) is 0 Å². The molecule has 2 heteroatoms. The Kier molecular flexibility index (Phi) is 2.74. The van der Waals surface area contributed by atoms with Crippen molar-refractivity contribution in [1.82, 2.24) is 4.98 Å². The average Bonchev–Trinajstić information content (AvgIpc) is 2.47. The van der Waals surface area contributed by atoms with E-state index in [4.69, 9.17) is 5.26 Å². The Hall–Kier alpha value is -2.66. The standard InChI is InChI=1S/C17H12N2/c1-12-6-8-13(9-7-12)17-16-5-3-2-4-15(16)14(10-18)11-19-17/h2-9,11H,1H3. The first-order valence-corrected chi connectivity index (χ1v) is 6.14. The number of nitrogens with zero attached hydrogens (tertiary/aromatic N) is 2. The predicted molar refractivity (Wildman–Crippen MR) is 76.6 cm³/mol. The molecule has 0 unspecified atom stereocenters. The van der Waals surface area contributed by atoms with Gasteiger partial charge in [-0.1, -0.05) is 54.1 Å². The summed E-state index contributed by atoms with van der Waals surface area (Å²) in [6.45, 7) is 2.06. The van der Waals surface area contributed by atoms with Crippen molar-refractivity contribution in [2.75, 3.05) is 0 Å². The summed E-state index contributed by atoms with van der Waals surface area (Å²) in [4.78, 5) is 4.46. The molecular formula is C17H12N2. The largest absolute Gasteiger partial charge is 0.254 e. The Bertz CT molecular complexity index is 780. The van der Waals surface area contributed by atoms with E-state index in [-0.39, 0.29) is 0 Å². The molecule has 0 aliphatic carbocycles. The van der Waals surface area contributed by atoms with E-state index in [1.807, 2.05) is 24.3 Å². The zero-order chi connectivity index (χ0) is 13.2. The van der Waals surface area contributed by atoms with Crippen LogP contribution in [-0.2, 0) is 0 Å². The van der Waals surface area contributed by atoms with Crippen LogP contribution in [0.3, 0.4) is 0 Å². The Balaban J connectivity index is 2.31. The van der Waals surface area contributed by atoms with Gasteiger partial charge >= 0.3 is 0 Å². The minimum absolute atomic E-state index is 0.617. The third kappa shape index (κ3) is 1.96.